The average molecular weight is 300 g/mol. The molecule has 1 heterocycles. The molecule has 1 aromatic rings. The summed E-state index contributed by atoms with van der Waals surface area (Å²) in [6.45, 7) is 5.60. The topological polar surface area (TPSA) is 49.4 Å². The Morgan fingerprint density at radius 1 is 1.30 bits per heavy atom. The Balaban J connectivity index is 2.18. The summed E-state index contributed by atoms with van der Waals surface area (Å²) in [5.41, 5.74) is 1.80. The summed E-state index contributed by atoms with van der Waals surface area (Å²) in [4.78, 5) is 2.03. The van der Waals surface area contributed by atoms with E-state index in [1.165, 1.54) is 12.1 Å². The SMILES string of the molecule is CC(C)NCc1cc(F)ccc1N1CCS(=O)(=O)CC1. The normalized spacial score (nSPS) is 18.5. The third-order valence-corrected chi connectivity index (χ3v) is 5.04. The first kappa shape index (κ1) is 15.3. The second kappa shape index (κ2) is 6.10. The van der Waals surface area contributed by atoms with Crippen molar-refractivity contribution < 1.29 is 12.8 Å². The molecule has 0 atom stereocenters. The van der Waals surface area contributed by atoms with Crippen LogP contribution in [0.2, 0.25) is 0 Å². The predicted molar refractivity (Wildman–Crippen MR) is 79.2 cm³/mol. The Kier molecular flexibility index (Phi) is 4.65. The van der Waals surface area contributed by atoms with Crippen LogP contribution in [0, 0.1) is 5.82 Å². The van der Waals surface area contributed by atoms with Gasteiger partial charge in [0.25, 0.3) is 0 Å². The second-order valence-electron chi connectivity index (χ2n) is 5.45. The van der Waals surface area contributed by atoms with E-state index in [1.807, 2.05) is 18.7 Å². The van der Waals surface area contributed by atoms with Crippen molar-refractivity contribution >= 4 is 15.5 Å². The number of nitrogens with zero attached hydrogens (tertiary/aromatic N) is 1. The van der Waals surface area contributed by atoms with E-state index in [9.17, 15) is 12.8 Å². The number of hydrogen-bond donors (Lipinski definition) is 1. The van der Waals surface area contributed by atoms with Gasteiger partial charge >= 0.3 is 0 Å². The summed E-state index contributed by atoms with van der Waals surface area (Å²) in [5.74, 6) is 0.0713. The molecule has 4 nitrogen and oxygen atoms in total. The molecule has 0 amide bonds. The molecule has 6 heteroatoms. The largest absolute Gasteiger partial charge is 0.369 e. The van der Waals surface area contributed by atoms with Crippen molar-refractivity contribution in [1.82, 2.24) is 5.32 Å². The van der Waals surface area contributed by atoms with Crippen LogP contribution >= 0.6 is 0 Å². The quantitative estimate of drug-likeness (QED) is 0.917. The van der Waals surface area contributed by atoms with Gasteiger partial charge in [-0.3, -0.25) is 0 Å². The lowest BCUT2D eigenvalue weighted by Crippen LogP contribution is -2.41. The Morgan fingerprint density at radius 3 is 2.55 bits per heavy atom. The first-order chi connectivity index (χ1) is 9.37. The molecule has 0 aromatic heterocycles. The van der Waals surface area contributed by atoms with E-state index < -0.39 is 9.84 Å². The molecule has 20 heavy (non-hydrogen) atoms. The van der Waals surface area contributed by atoms with E-state index in [0.29, 0.717) is 25.7 Å². The summed E-state index contributed by atoms with van der Waals surface area (Å²) >= 11 is 0. The zero-order chi connectivity index (χ0) is 14.8. The van der Waals surface area contributed by atoms with Crippen LogP contribution in [0.25, 0.3) is 0 Å². The molecular weight excluding hydrogens is 279 g/mol. The highest BCUT2D eigenvalue weighted by molar-refractivity contribution is 7.91. The van der Waals surface area contributed by atoms with Crippen LogP contribution in [0.1, 0.15) is 19.4 Å². The van der Waals surface area contributed by atoms with Crippen LogP contribution in [0.5, 0.6) is 0 Å². The van der Waals surface area contributed by atoms with Gasteiger partial charge in [-0.05, 0) is 23.8 Å². The van der Waals surface area contributed by atoms with Gasteiger partial charge in [0.1, 0.15) is 5.82 Å². The van der Waals surface area contributed by atoms with Crippen molar-refractivity contribution in [2.24, 2.45) is 0 Å². The third-order valence-electron chi connectivity index (χ3n) is 3.43. The molecule has 1 N–H and O–H groups in total. The van der Waals surface area contributed by atoms with Gasteiger partial charge in [-0.25, -0.2) is 12.8 Å². The van der Waals surface area contributed by atoms with E-state index in [1.54, 1.807) is 6.07 Å². The minimum Gasteiger partial charge on any atom is -0.369 e. The highest BCUT2D eigenvalue weighted by atomic mass is 32.2. The summed E-state index contributed by atoms with van der Waals surface area (Å²) in [7, 11) is -2.90. The highest BCUT2D eigenvalue weighted by Crippen LogP contribution is 2.23. The van der Waals surface area contributed by atoms with E-state index >= 15 is 0 Å². The number of rotatable bonds is 4. The zero-order valence-electron chi connectivity index (χ0n) is 11.9. The molecule has 0 radical (unpaired) electrons. The van der Waals surface area contributed by atoms with Crippen LogP contribution in [0.15, 0.2) is 18.2 Å². The van der Waals surface area contributed by atoms with Crippen LogP contribution in [-0.4, -0.2) is 39.1 Å². The van der Waals surface area contributed by atoms with E-state index in [-0.39, 0.29) is 17.3 Å². The fourth-order valence-electron chi connectivity index (χ4n) is 2.27. The number of nitrogens with one attached hydrogen (secondary N) is 1. The average Bonchev–Trinajstić information content (AvgIpc) is 2.37. The molecule has 0 saturated carbocycles. The first-order valence-electron chi connectivity index (χ1n) is 6.84. The van der Waals surface area contributed by atoms with Gasteiger partial charge in [0, 0.05) is 31.4 Å². The molecule has 1 aliphatic heterocycles. The lowest BCUT2D eigenvalue weighted by atomic mass is 10.1. The van der Waals surface area contributed by atoms with Crippen LogP contribution in [0.3, 0.4) is 0 Å². The molecule has 0 spiro atoms. The molecule has 0 bridgehead atoms. The molecule has 2 rings (SSSR count). The maximum absolute atomic E-state index is 13.4. The summed E-state index contributed by atoms with van der Waals surface area (Å²) in [6.07, 6.45) is 0. The maximum Gasteiger partial charge on any atom is 0.153 e. The first-order valence-corrected chi connectivity index (χ1v) is 8.67. The molecule has 0 aliphatic carbocycles. The minimum atomic E-state index is -2.90. The van der Waals surface area contributed by atoms with Crippen molar-refractivity contribution in [1.29, 1.82) is 0 Å². The van der Waals surface area contributed by atoms with E-state index in [2.05, 4.69) is 5.32 Å². The molecule has 1 fully saturated rings. The fourth-order valence-corrected chi connectivity index (χ4v) is 3.47. The van der Waals surface area contributed by atoms with E-state index in [4.69, 9.17) is 0 Å². The summed E-state index contributed by atoms with van der Waals surface area (Å²) in [6, 6.07) is 5.00. The van der Waals surface area contributed by atoms with Crippen LogP contribution in [-0.2, 0) is 16.4 Å². The molecule has 1 saturated heterocycles. The second-order valence-corrected chi connectivity index (χ2v) is 7.75. The summed E-state index contributed by atoms with van der Waals surface area (Å²) < 4.78 is 36.4. The van der Waals surface area contributed by atoms with Crippen molar-refractivity contribution in [3.05, 3.63) is 29.6 Å². The molecular formula is C14H21FN2O2S. The van der Waals surface area contributed by atoms with Gasteiger partial charge in [-0.2, -0.15) is 0 Å². The number of anilines is 1. The predicted octanol–water partition coefficient (Wildman–Crippen LogP) is 1.56. The van der Waals surface area contributed by atoms with Gasteiger partial charge in [0.2, 0.25) is 0 Å². The maximum atomic E-state index is 13.4. The Bertz CT molecular complexity index is 559. The van der Waals surface area contributed by atoms with Gasteiger partial charge < -0.3 is 10.2 Å². The number of hydrogen-bond acceptors (Lipinski definition) is 4. The van der Waals surface area contributed by atoms with Crippen LogP contribution in [0.4, 0.5) is 10.1 Å². The zero-order valence-corrected chi connectivity index (χ0v) is 12.7. The van der Waals surface area contributed by atoms with Crippen molar-refractivity contribution in [2.45, 2.75) is 26.4 Å². The van der Waals surface area contributed by atoms with Gasteiger partial charge in [0.05, 0.1) is 11.5 Å². The summed E-state index contributed by atoms with van der Waals surface area (Å²) in [5, 5.41) is 3.27. The number of sulfone groups is 1. The standard InChI is InChI=1S/C14H21FN2O2S/c1-11(2)16-10-12-9-13(15)3-4-14(12)17-5-7-20(18,19)8-6-17/h3-4,9,11,16H,5-8,10H2,1-2H3. The molecule has 112 valence electrons. The Hall–Kier alpha value is -1.14. The highest BCUT2D eigenvalue weighted by Gasteiger charge is 2.23. The van der Waals surface area contributed by atoms with Crippen LogP contribution < -0.4 is 10.2 Å². The minimum absolute atomic E-state index is 0.168. The molecule has 0 unspecified atom stereocenters. The fraction of sp³-hybridized carbons (Fsp3) is 0.571. The Morgan fingerprint density at radius 2 is 1.95 bits per heavy atom. The monoisotopic (exact) mass is 300 g/mol. The van der Waals surface area contributed by atoms with Gasteiger partial charge in [-0.1, -0.05) is 13.8 Å². The van der Waals surface area contributed by atoms with Gasteiger partial charge in [-0.15, -0.1) is 0 Å². The van der Waals surface area contributed by atoms with Crippen molar-refractivity contribution in [2.75, 3.05) is 29.5 Å². The van der Waals surface area contributed by atoms with Crippen molar-refractivity contribution in [3.63, 3.8) is 0 Å². The smallest absolute Gasteiger partial charge is 0.153 e. The van der Waals surface area contributed by atoms with Gasteiger partial charge in [0.15, 0.2) is 9.84 Å². The molecule has 1 aromatic carbocycles. The number of halogens is 1. The van der Waals surface area contributed by atoms with Crippen molar-refractivity contribution in [3.8, 4) is 0 Å². The third kappa shape index (κ3) is 3.93. The number of benzene rings is 1. The lowest BCUT2D eigenvalue weighted by Gasteiger charge is -2.30. The lowest BCUT2D eigenvalue weighted by molar-refractivity contribution is 0.577. The van der Waals surface area contributed by atoms with E-state index in [0.717, 1.165) is 11.3 Å². The Labute approximate surface area is 119 Å². The molecule has 1 aliphatic rings.